The summed E-state index contributed by atoms with van der Waals surface area (Å²) in [5.74, 6) is 0. The summed E-state index contributed by atoms with van der Waals surface area (Å²) in [5.41, 5.74) is 5.07. The minimum Gasteiger partial charge on any atom is -0.331 e. The van der Waals surface area contributed by atoms with Gasteiger partial charge in [-0.1, -0.05) is 0 Å². The van der Waals surface area contributed by atoms with E-state index in [9.17, 15) is 4.79 Å². The van der Waals surface area contributed by atoms with Gasteiger partial charge in [0.1, 0.15) is 17.9 Å². The summed E-state index contributed by atoms with van der Waals surface area (Å²) in [4.78, 5) is 10.7. The molecule has 0 spiro atoms. The molecule has 0 bridgehead atoms. The van der Waals surface area contributed by atoms with Crippen LogP contribution in [0.3, 0.4) is 0 Å². The Bertz CT molecular complexity index is 295. The van der Waals surface area contributed by atoms with Crippen molar-refractivity contribution < 1.29 is 9.36 Å². The van der Waals surface area contributed by atoms with E-state index in [1.807, 2.05) is 10.8 Å². The maximum absolute atomic E-state index is 10.7. The van der Waals surface area contributed by atoms with Crippen molar-refractivity contribution in [3.63, 3.8) is 0 Å². The molecule has 0 aliphatic heterocycles. The fourth-order valence-corrected chi connectivity index (χ4v) is 0.882. The average molecular weight is 168 g/mol. The van der Waals surface area contributed by atoms with Crippen molar-refractivity contribution >= 4 is 6.03 Å². The third kappa shape index (κ3) is 1.64. The molecule has 66 valence electrons. The largest absolute Gasteiger partial charge is 0.410 e. The smallest absolute Gasteiger partial charge is 0.331 e. The van der Waals surface area contributed by atoms with E-state index in [1.54, 1.807) is 12.5 Å². The van der Waals surface area contributed by atoms with Gasteiger partial charge in [-0.15, -0.1) is 0 Å². The van der Waals surface area contributed by atoms with Crippen LogP contribution in [0.15, 0.2) is 18.7 Å². The number of hydrogen-bond acceptors (Lipinski definition) is 1. The van der Waals surface area contributed by atoms with Crippen molar-refractivity contribution in [1.82, 2.24) is 4.57 Å². The predicted molar refractivity (Wildman–Crippen MR) is 44.6 cm³/mol. The second kappa shape index (κ2) is 2.62. The Balaban J connectivity index is 3.00. The van der Waals surface area contributed by atoms with Gasteiger partial charge < -0.3 is 5.73 Å². The monoisotopic (exact) mass is 168 g/mol. The lowest BCUT2D eigenvalue weighted by molar-refractivity contribution is -0.753. The minimum absolute atomic E-state index is 0.0132. The number of imidazole rings is 1. The molecule has 1 aromatic rings. The highest BCUT2D eigenvalue weighted by molar-refractivity contribution is 5.73. The first-order valence-corrected chi connectivity index (χ1v) is 3.81. The third-order valence-corrected chi connectivity index (χ3v) is 1.67. The van der Waals surface area contributed by atoms with E-state index < -0.39 is 6.03 Å². The van der Waals surface area contributed by atoms with Crippen LogP contribution >= 0.6 is 0 Å². The van der Waals surface area contributed by atoms with Crippen LogP contribution in [0, 0.1) is 0 Å². The Labute approximate surface area is 71.6 Å². The van der Waals surface area contributed by atoms with Gasteiger partial charge in [-0.3, -0.25) is 0 Å². The third-order valence-electron chi connectivity index (χ3n) is 1.67. The fourth-order valence-electron chi connectivity index (χ4n) is 0.882. The molecule has 1 heterocycles. The lowest BCUT2D eigenvalue weighted by Crippen LogP contribution is -2.48. The molecule has 2 N–H and O–H groups in total. The van der Waals surface area contributed by atoms with Crippen molar-refractivity contribution in [2.75, 3.05) is 0 Å². The SMILES string of the molecule is CC(C)(C)[n+]1ccn(C(N)=O)c1. The number of amides is 1. The molecule has 0 aliphatic rings. The molecular weight excluding hydrogens is 154 g/mol. The summed E-state index contributed by atoms with van der Waals surface area (Å²) in [7, 11) is 0. The molecule has 4 heteroatoms. The van der Waals surface area contributed by atoms with E-state index in [-0.39, 0.29) is 5.54 Å². The summed E-state index contributed by atoms with van der Waals surface area (Å²) >= 11 is 0. The number of rotatable bonds is 0. The molecular formula is C8H14N3O+. The van der Waals surface area contributed by atoms with Crippen LogP contribution in [0.5, 0.6) is 0 Å². The summed E-state index contributed by atoms with van der Waals surface area (Å²) < 4.78 is 3.28. The van der Waals surface area contributed by atoms with Crippen LogP contribution in [0.2, 0.25) is 0 Å². The topological polar surface area (TPSA) is 51.9 Å². The zero-order valence-corrected chi connectivity index (χ0v) is 7.61. The highest BCUT2D eigenvalue weighted by Crippen LogP contribution is 2.02. The molecule has 0 saturated carbocycles. The number of nitrogens with two attached hydrogens (primary N) is 1. The molecule has 0 atom stereocenters. The first-order valence-electron chi connectivity index (χ1n) is 3.81. The minimum atomic E-state index is -0.460. The number of primary amides is 1. The molecule has 0 fully saturated rings. The van der Waals surface area contributed by atoms with Crippen LogP contribution < -0.4 is 10.3 Å². The summed E-state index contributed by atoms with van der Waals surface area (Å²) in [6.45, 7) is 6.16. The van der Waals surface area contributed by atoms with Gasteiger partial charge in [0.25, 0.3) is 6.33 Å². The van der Waals surface area contributed by atoms with Crippen LogP contribution in [-0.4, -0.2) is 10.6 Å². The van der Waals surface area contributed by atoms with Gasteiger partial charge >= 0.3 is 6.03 Å². The summed E-state index contributed by atoms with van der Waals surface area (Å²) in [6, 6.07) is -0.460. The van der Waals surface area contributed by atoms with Gasteiger partial charge in [-0.2, -0.15) is 4.57 Å². The zero-order chi connectivity index (χ0) is 9.35. The van der Waals surface area contributed by atoms with E-state index in [0.717, 1.165) is 0 Å². The zero-order valence-electron chi connectivity index (χ0n) is 7.61. The first-order chi connectivity index (χ1) is 5.41. The maximum atomic E-state index is 10.7. The predicted octanol–water partition coefficient (Wildman–Crippen LogP) is 0.457. The van der Waals surface area contributed by atoms with E-state index in [1.165, 1.54) is 4.57 Å². The Morgan fingerprint density at radius 2 is 2.08 bits per heavy atom. The van der Waals surface area contributed by atoms with Gasteiger partial charge in [0.2, 0.25) is 0 Å². The number of carbonyl (C=O) groups excluding carboxylic acids is 1. The van der Waals surface area contributed by atoms with E-state index >= 15 is 0 Å². The Kier molecular flexibility index (Phi) is 1.92. The fraction of sp³-hybridized carbons (Fsp3) is 0.500. The summed E-state index contributed by atoms with van der Waals surface area (Å²) in [6.07, 6.45) is 5.15. The normalized spacial score (nSPS) is 11.6. The quantitative estimate of drug-likeness (QED) is 0.562. The second-order valence-corrected chi connectivity index (χ2v) is 3.74. The molecule has 12 heavy (non-hydrogen) atoms. The Hall–Kier alpha value is -1.32. The number of carbonyl (C=O) groups is 1. The molecule has 0 radical (unpaired) electrons. The molecule has 1 aromatic heterocycles. The van der Waals surface area contributed by atoms with Crippen LogP contribution in [0.25, 0.3) is 0 Å². The Morgan fingerprint density at radius 1 is 1.50 bits per heavy atom. The van der Waals surface area contributed by atoms with Crippen molar-refractivity contribution in [2.24, 2.45) is 5.73 Å². The standard InChI is InChI=1S/C8H13N3O/c1-8(2,3)11-5-4-10(6-11)7(9)12/h4-6H,1-3H3,(H-,9,12)/p+1. The van der Waals surface area contributed by atoms with Crippen molar-refractivity contribution in [3.05, 3.63) is 18.7 Å². The summed E-state index contributed by atoms with van der Waals surface area (Å²) in [5, 5.41) is 0. The molecule has 0 unspecified atom stereocenters. The number of hydrogen-bond donors (Lipinski definition) is 1. The molecule has 1 amide bonds. The highest BCUT2D eigenvalue weighted by Gasteiger charge is 2.20. The average Bonchev–Trinajstić information content (AvgIpc) is 2.30. The van der Waals surface area contributed by atoms with E-state index in [4.69, 9.17) is 5.73 Å². The van der Waals surface area contributed by atoms with Crippen molar-refractivity contribution in [1.29, 1.82) is 0 Å². The molecule has 0 aromatic carbocycles. The van der Waals surface area contributed by atoms with Crippen LogP contribution in [-0.2, 0) is 5.54 Å². The van der Waals surface area contributed by atoms with Crippen LogP contribution in [0.4, 0.5) is 4.79 Å². The van der Waals surface area contributed by atoms with Crippen molar-refractivity contribution in [3.8, 4) is 0 Å². The molecule has 1 rings (SSSR count). The van der Waals surface area contributed by atoms with Gasteiger partial charge in [-0.25, -0.2) is 9.36 Å². The molecule has 4 nitrogen and oxygen atoms in total. The molecule has 0 aliphatic carbocycles. The van der Waals surface area contributed by atoms with Gasteiger partial charge in [0.05, 0.1) is 0 Å². The maximum Gasteiger partial charge on any atom is 0.410 e. The number of aromatic nitrogens is 2. The molecule has 0 saturated heterocycles. The first kappa shape index (κ1) is 8.77. The van der Waals surface area contributed by atoms with Gasteiger partial charge in [0, 0.05) is 0 Å². The second-order valence-electron chi connectivity index (χ2n) is 3.74. The van der Waals surface area contributed by atoms with E-state index in [2.05, 4.69) is 20.8 Å². The van der Waals surface area contributed by atoms with Gasteiger partial charge in [0.15, 0.2) is 0 Å². The van der Waals surface area contributed by atoms with Gasteiger partial charge in [-0.05, 0) is 20.8 Å². The van der Waals surface area contributed by atoms with Crippen molar-refractivity contribution in [2.45, 2.75) is 26.3 Å². The lowest BCUT2D eigenvalue weighted by atomic mass is 10.1. The Morgan fingerprint density at radius 3 is 2.33 bits per heavy atom. The van der Waals surface area contributed by atoms with Crippen LogP contribution in [0.1, 0.15) is 20.8 Å². The highest BCUT2D eigenvalue weighted by atomic mass is 16.2. The lowest BCUT2D eigenvalue weighted by Gasteiger charge is -2.13. The number of nitrogens with zero attached hydrogens (tertiary/aromatic N) is 2. The van der Waals surface area contributed by atoms with E-state index in [0.29, 0.717) is 0 Å².